The van der Waals surface area contributed by atoms with Crippen LogP contribution in [0.4, 0.5) is 0 Å². The molecule has 2 heterocycles. The maximum Gasteiger partial charge on any atom is 0.271 e. The summed E-state index contributed by atoms with van der Waals surface area (Å²) in [6.45, 7) is 2.88. The summed E-state index contributed by atoms with van der Waals surface area (Å²) in [5, 5.41) is 4.04. The Morgan fingerprint density at radius 1 is 1.16 bits per heavy atom. The van der Waals surface area contributed by atoms with Gasteiger partial charge in [0.05, 0.1) is 16.3 Å². The summed E-state index contributed by atoms with van der Waals surface area (Å²) in [5.41, 5.74) is 4.28. The molecule has 1 aliphatic rings. The van der Waals surface area contributed by atoms with Crippen molar-refractivity contribution in [1.29, 1.82) is 0 Å². The molecule has 1 aromatic heterocycles. The van der Waals surface area contributed by atoms with Crippen molar-refractivity contribution in [2.45, 2.75) is 24.7 Å². The van der Waals surface area contributed by atoms with Gasteiger partial charge >= 0.3 is 0 Å². The van der Waals surface area contributed by atoms with E-state index in [0.29, 0.717) is 24.4 Å². The zero-order valence-corrected chi connectivity index (χ0v) is 14.7. The van der Waals surface area contributed by atoms with Crippen LogP contribution in [-0.2, 0) is 10.0 Å². The Hall–Kier alpha value is -2.45. The van der Waals surface area contributed by atoms with Crippen LogP contribution in [0.3, 0.4) is 0 Å². The minimum atomic E-state index is -3.47. The first-order valence-corrected chi connectivity index (χ1v) is 9.51. The Morgan fingerprint density at radius 3 is 2.44 bits per heavy atom. The van der Waals surface area contributed by atoms with Gasteiger partial charge in [0.25, 0.3) is 5.91 Å². The van der Waals surface area contributed by atoms with Gasteiger partial charge in [-0.15, -0.1) is 0 Å². The molecular weight excluding hydrogens is 340 g/mol. The second-order valence-corrected chi connectivity index (χ2v) is 7.80. The molecule has 2 aromatic rings. The Labute approximate surface area is 146 Å². The van der Waals surface area contributed by atoms with Crippen LogP contribution in [-0.4, -0.2) is 42.4 Å². The van der Waals surface area contributed by atoms with E-state index in [4.69, 9.17) is 0 Å². The number of H-pyrrole nitrogens is 1. The van der Waals surface area contributed by atoms with E-state index in [2.05, 4.69) is 15.5 Å². The molecule has 0 saturated carbocycles. The van der Waals surface area contributed by atoms with Crippen LogP contribution in [0.1, 0.15) is 35.8 Å². The third-order valence-electron chi connectivity index (χ3n) is 4.13. The lowest BCUT2D eigenvalue weighted by molar-refractivity contribution is 0.0954. The highest BCUT2D eigenvalue weighted by molar-refractivity contribution is 7.89. The lowest BCUT2D eigenvalue weighted by Crippen LogP contribution is -2.28. The number of aromatic nitrogens is 1. The maximum atomic E-state index is 12.5. The predicted molar refractivity (Wildman–Crippen MR) is 94.9 cm³/mol. The molecule has 1 amide bonds. The predicted octanol–water partition coefficient (Wildman–Crippen LogP) is 1.95. The number of hydrazone groups is 1. The van der Waals surface area contributed by atoms with Gasteiger partial charge in [0.1, 0.15) is 0 Å². The summed E-state index contributed by atoms with van der Waals surface area (Å²) >= 11 is 0. The molecule has 0 atom stereocenters. The maximum absolute atomic E-state index is 12.5. The van der Waals surface area contributed by atoms with Gasteiger partial charge in [0.2, 0.25) is 10.0 Å². The average molecular weight is 360 g/mol. The summed E-state index contributed by atoms with van der Waals surface area (Å²) in [6, 6.07) is 9.61. The number of hydrogen-bond donors (Lipinski definition) is 2. The fraction of sp³-hybridized carbons (Fsp3) is 0.294. The van der Waals surface area contributed by atoms with Crippen molar-refractivity contribution in [3.05, 3.63) is 53.9 Å². The molecule has 0 spiro atoms. The normalized spacial score (nSPS) is 16.1. The standard InChI is InChI=1S/C17H20N4O3S/c1-13(16-5-4-10-18-16)19-20-17(22)14-6-8-15(9-7-14)25(23,24)21-11-2-3-12-21/h4-10,18H,2-3,11-12H2,1H3,(H,20,22)/b19-13+. The van der Waals surface area contributed by atoms with Crippen molar-refractivity contribution in [3.63, 3.8) is 0 Å². The van der Waals surface area contributed by atoms with Crippen LogP contribution in [0, 0.1) is 0 Å². The molecule has 1 aromatic carbocycles. The minimum absolute atomic E-state index is 0.206. The van der Waals surface area contributed by atoms with Gasteiger partial charge in [0.15, 0.2) is 0 Å². The molecule has 2 N–H and O–H groups in total. The van der Waals surface area contributed by atoms with Crippen molar-refractivity contribution in [3.8, 4) is 0 Å². The molecular formula is C17H20N4O3S. The number of amides is 1. The summed E-state index contributed by atoms with van der Waals surface area (Å²) in [7, 11) is -3.47. The molecule has 1 aliphatic heterocycles. The zero-order valence-electron chi connectivity index (χ0n) is 13.9. The molecule has 132 valence electrons. The SMILES string of the molecule is C/C(=N\NC(=O)c1ccc(S(=O)(=O)N2CCCC2)cc1)c1ccc[nH]1. The third-order valence-corrected chi connectivity index (χ3v) is 6.05. The molecule has 1 saturated heterocycles. The van der Waals surface area contributed by atoms with E-state index in [1.165, 1.54) is 28.6 Å². The van der Waals surface area contributed by atoms with Crippen LogP contribution in [0.5, 0.6) is 0 Å². The van der Waals surface area contributed by atoms with E-state index in [0.717, 1.165) is 18.5 Å². The monoisotopic (exact) mass is 360 g/mol. The minimum Gasteiger partial charge on any atom is -0.360 e. The van der Waals surface area contributed by atoms with E-state index >= 15 is 0 Å². The summed E-state index contributed by atoms with van der Waals surface area (Å²) in [5.74, 6) is -0.393. The Morgan fingerprint density at radius 2 is 1.84 bits per heavy atom. The van der Waals surface area contributed by atoms with Crippen molar-refractivity contribution < 1.29 is 13.2 Å². The highest BCUT2D eigenvalue weighted by Crippen LogP contribution is 2.21. The van der Waals surface area contributed by atoms with Crippen molar-refractivity contribution in [2.24, 2.45) is 5.10 Å². The van der Waals surface area contributed by atoms with Crippen LogP contribution >= 0.6 is 0 Å². The number of benzene rings is 1. The number of rotatable bonds is 5. The summed E-state index contributed by atoms with van der Waals surface area (Å²) in [4.78, 5) is 15.4. The highest BCUT2D eigenvalue weighted by atomic mass is 32.2. The van der Waals surface area contributed by atoms with Gasteiger partial charge < -0.3 is 4.98 Å². The van der Waals surface area contributed by atoms with Gasteiger partial charge in [-0.2, -0.15) is 9.41 Å². The number of nitrogens with one attached hydrogen (secondary N) is 2. The zero-order chi connectivity index (χ0) is 17.9. The van der Waals surface area contributed by atoms with Gasteiger partial charge in [0, 0.05) is 24.8 Å². The number of aromatic amines is 1. The number of carbonyl (C=O) groups excluding carboxylic acids is 1. The van der Waals surface area contributed by atoms with Gasteiger partial charge in [-0.1, -0.05) is 0 Å². The Kier molecular flexibility index (Phi) is 5.00. The van der Waals surface area contributed by atoms with Crippen molar-refractivity contribution in [1.82, 2.24) is 14.7 Å². The lowest BCUT2D eigenvalue weighted by Gasteiger charge is -2.15. The van der Waals surface area contributed by atoms with Gasteiger partial charge in [-0.05, 0) is 56.2 Å². The van der Waals surface area contributed by atoms with Gasteiger partial charge in [-0.25, -0.2) is 13.8 Å². The van der Waals surface area contributed by atoms with Crippen molar-refractivity contribution >= 4 is 21.6 Å². The number of nitrogens with zero attached hydrogens (tertiary/aromatic N) is 2. The summed E-state index contributed by atoms with van der Waals surface area (Å²) in [6.07, 6.45) is 3.55. The number of carbonyl (C=O) groups is 1. The largest absolute Gasteiger partial charge is 0.360 e. The number of hydrogen-bond acceptors (Lipinski definition) is 4. The molecule has 25 heavy (non-hydrogen) atoms. The Balaban J connectivity index is 1.69. The van der Waals surface area contributed by atoms with Gasteiger partial charge in [-0.3, -0.25) is 4.79 Å². The Bertz CT molecular complexity index is 865. The first kappa shape index (κ1) is 17.4. The molecule has 3 rings (SSSR count). The van der Waals surface area contributed by atoms with Crippen molar-refractivity contribution in [2.75, 3.05) is 13.1 Å². The van der Waals surface area contributed by atoms with Crippen LogP contribution in [0.2, 0.25) is 0 Å². The molecule has 0 radical (unpaired) electrons. The van der Waals surface area contributed by atoms with E-state index in [-0.39, 0.29) is 4.90 Å². The topological polar surface area (TPSA) is 94.6 Å². The van der Waals surface area contributed by atoms with E-state index < -0.39 is 15.9 Å². The second kappa shape index (κ2) is 7.20. The van der Waals surface area contributed by atoms with Crippen LogP contribution < -0.4 is 5.43 Å². The molecule has 8 heteroatoms. The fourth-order valence-corrected chi connectivity index (χ4v) is 4.19. The molecule has 0 aliphatic carbocycles. The lowest BCUT2D eigenvalue weighted by atomic mass is 10.2. The van der Waals surface area contributed by atoms with E-state index in [9.17, 15) is 13.2 Å². The van der Waals surface area contributed by atoms with E-state index in [1.54, 1.807) is 13.1 Å². The highest BCUT2D eigenvalue weighted by Gasteiger charge is 2.27. The molecule has 1 fully saturated rings. The molecule has 0 unspecified atom stereocenters. The molecule has 0 bridgehead atoms. The molecule has 7 nitrogen and oxygen atoms in total. The van der Waals surface area contributed by atoms with E-state index in [1.807, 2.05) is 12.1 Å². The fourth-order valence-electron chi connectivity index (χ4n) is 2.67. The number of sulfonamides is 1. The average Bonchev–Trinajstić information content (AvgIpc) is 3.33. The summed E-state index contributed by atoms with van der Waals surface area (Å²) < 4.78 is 26.4. The third kappa shape index (κ3) is 3.80. The second-order valence-electron chi connectivity index (χ2n) is 5.86. The van der Waals surface area contributed by atoms with Crippen LogP contribution in [0.15, 0.2) is 52.6 Å². The smallest absolute Gasteiger partial charge is 0.271 e. The quantitative estimate of drug-likeness (QED) is 0.630. The first-order valence-electron chi connectivity index (χ1n) is 8.07. The first-order chi connectivity index (χ1) is 12.0. The van der Waals surface area contributed by atoms with Crippen LogP contribution in [0.25, 0.3) is 0 Å².